The number of amides is 1. The molecule has 1 heterocycles. The smallest absolute Gasteiger partial charge is 0.341 e. The summed E-state index contributed by atoms with van der Waals surface area (Å²) in [4.78, 5) is 50.0. The molecule has 9 heteroatoms. The maximum atomic E-state index is 12.6. The van der Waals surface area contributed by atoms with Crippen LogP contribution in [0.1, 0.15) is 58.4 Å². The van der Waals surface area contributed by atoms with E-state index in [1.807, 2.05) is 6.07 Å². The number of aliphatic hydroxyl groups is 1. The van der Waals surface area contributed by atoms with Crippen LogP contribution in [0.25, 0.3) is 0 Å². The lowest BCUT2D eigenvalue weighted by molar-refractivity contribution is -0.150. The molecule has 0 aliphatic carbocycles. The van der Waals surface area contributed by atoms with Crippen LogP contribution in [0.4, 0.5) is 0 Å². The van der Waals surface area contributed by atoms with Crippen LogP contribution in [-0.4, -0.2) is 71.5 Å². The van der Waals surface area contributed by atoms with Crippen LogP contribution in [0, 0.1) is 11.8 Å². The minimum absolute atomic E-state index is 0.0766. The van der Waals surface area contributed by atoms with Gasteiger partial charge in [0.2, 0.25) is 5.91 Å². The molecular formula is C26H38N2O7. The number of carbonyl (C=O) groups is 4. The van der Waals surface area contributed by atoms with E-state index in [0.29, 0.717) is 6.29 Å². The highest BCUT2D eigenvalue weighted by molar-refractivity contribution is 5.87. The van der Waals surface area contributed by atoms with Gasteiger partial charge in [-0.05, 0) is 56.5 Å². The third-order valence-corrected chi connectivity index (χ3v) is 6.85. The molecule has 9 nitrogen and oxygen atoms in total. The molecule has 1 aromatic carbocycles. The Balaban J connectivity index is 2.10. The number of likely N-dealkylation sites (N-methyl/N-ethyl adjacent to an activating group) is 1. The molecule has 1 aromatic rings. The molecule has 0 bridgehead atoms. The van der Waals surface area contributed by atoms with Crippen molar-refractivity contribution < 1.29 is 34.1 Å². The summed E-state index contributed by atoms with van der Waals surface area (Å²) in [5, 5.41) is 22.0. The molecular weight excluding hydrogens is 452 g/mol. The Morgan fingerprint density at radius 3 is 2.57 bits per heavy atom. The fourth-order valence-corrected chi connectivity index (χ4v) is 4.68. The summed E-state index contributed by atoms with van der Waals surface area (Å²) in [6.45, 7) is 7.33. The van der Waals surface area contributed by atoms with Gasteiger partial charge in [-0.25, -0.2) is 9.59 Å². The number of carboxylic acids is 1. The van der Waals surface area contributed by atoms with E-state index in [1.54, 1.807) is 32.0 Å². The standard InChI is InChI=1S/C26H38N2O7/c1-5-26(11-6-7-12-28(4)16-26)19-9-8-10-20(14-19)35-25(34)23(31)18(15-29)13-21(30)27-22(17(2)3)24(32)33/h8-10,14-15,17-18,22-23,31H,5-7,11-13,16H2,1-4H3,(H,27,30)(H,32,33)/t18?,22-,23?,26?/m0/s1. The molecule has 0 radical (unpaired) electrons. The number of carbonyl (C=O) groups excluding carboxylic acids is 3. The normalized spacial score (nSPS) is 21.4. The highest BCUT2D eigenvalue weighted by atomic mass is 16.5. The Morgan fingerprint density at radius 2 is 1.97 bits per heavy atom. The Morgan fingerprint density at radius 1 is 1.26 bits per heavy atom. The largest absolute Gasteiger partial charge is 0.480 e. The molecule has 35 heavy (non-hydrogen) atoms. The predicted octanol–water partition coefficient (Wildman–Crippen LogP) is 2.15. The van der Waals surface area contributed by atoms with Gasteiger partial charge >= 0.3 is 11.9 Å². The Bertz CT molecular complexity index is 903. The third-order valence-electron chi connectivity index (χ3n) is 6.85. The summed E-state index contributed by atoms with van der Waals surface area (Å²) in [5.41, 5.74) is 0.973. The summed E-state index contributed by atoms with van der Waals surface area (Å²) < 4.78 is 5.39. The molecule has 0 aromatic heterocycles. The molecule has 194 valence electrons. The van der Waals surface area contributed by atoms with Crippen LogP contribution in [0.3, 0.4) is 0 Å². The molecule has 2 rings (SSSR count). The van der Waals surface area contributed by atoms with Gasteiger partial charge in [-0.1, -0.05) is 39.3 Å². The van der Waals surface area contributed by atoms with Crippen LogP contribution < -0.4 is 10.1 Å². The lowest BCUT2D eigenvalue weighted by Gasteiger charge is -2.35. The van der Waals surface area contributed by atoms with E-state index in [0.717, 1.165) is 44.3 Å². The number of ether oxygens (including phenoxy) is 1. The minimum atomic E-state index is -1.87. The molecule has 3 N–H and O–H groups in total. The highest BCUT2D eigenvalue weighted by Crippen LogP contribution is 2.37. The van der Waals surface area contributed by atoms with Crippen LogP contribution >= 0.6 is 0 Å². The number of rotatable bonds is 11. The molecule has 1 fully saturated rings. The first-order valence-corrected chi connectivity index (χ1v) is 12.2. The third kappa shape index (κ3) is 7.60. The summed E-state index contributed by atoms with van der Waals surface area (Å²) in [6, 6.07) is 6.09. The quantitative estimate of drug-likeness (QED) is 0.244. The number of aliphatic hydroxyl groups excluding tert-OH is 1. The second-order valence-electron chi connectivity index (χ2n) is 9.85. The maximum absolute atomic E-state index is 12.6. The van der Waals surface area contributed by atoms with E-state index in [1.165, 1.54) is 0 Å². The molecule has 1 saturated heterocycles. The van der Waals surface area contributed by atoms with Gasteiger partial charge in [-0.15, -0.1) is 0 Å². The van der Waals surface area contributed by atoms with Crippen molar-refractivity contribution in [3.63, 3.8) is 0 Å². The first-order valence-electron chi connectivity index (χ1n) is 12.2. The van der Waals surface area contributed by atoms with Crippen LogP contribution in [0.15, 0.2) is 24.3 Å². The van der Waals surface area contributed by atoms with Gasteiger partial charge in [-0.2, -0.15) is 0 Å². The Labute approximate surface area is 206 Å². The van der Waals surface area contributed by atoms with Gasteiger partial charge in [0.1, 0.15) is 18.1 Å². The molecule has 0 spiro atoms. The van der Waals surface area contributed by atoms with Crippen LogP contribution in [0.5, 0.6) is 5.75 Å². The van der Waals surface area contributed by atoms with E-state index in [4.69, 9.17) is 4.74 Å². The van der Waals surface area contributed by atoms with Crippen molar-refractivity contribution in [3.05, 3.63) is 29.8 Å². The summed E-state index contributed by atoms with van der Waals surface area (Å²) >= 11 is 0. The summed E-state index contributed by atoms with van der Waals surface area (Å²) in [7, 11) is 2.10. The number of aldehydes is 1. The van der Waals surface area contributed by atoms with E-state index in [9.17, 15) is 29.4 Å². The average Bonchev–Trinajstić information content (AvgIpc) is 3.02. The number of likely N-dealkylation sites (tertiary alicyclic amines) is 1. The van der Waals surface area contributed by atoms with E-state index < -0.39 is 42.3 Å². The number of hydrogen-bond acceptors (Lipinski definition) is 7. The van der Waals surface area contributed by atoms with Gasteiger partial charge in [0, 0.05) is 18.4 Å². The number of carboxylic acid groups (broad SMARTS) is 1. The van der Waals surface area contributed by atoms with Crippen molar-refractivity contribution in [2.75, 3.05) is 20.1 Å². The minimum Gasteiger partial charge on any atom is -0.480 e. The lowest BCUT2D eigenvalue weighted by Crippen LogP contribution is -2.46. The number of esters is 1. The van der Waals surface area contributed by atoms with Crippen molar-refractivity contribution in [2.45, 2.75) is 70.4 Å². The number of aliphatic carboxylic acids is 1. The van der Waals surface area contributed by atoms with Gasteiger partial charge in [0.25, 0.3) is 0 Å². The fourth-order valence-electron chi connectivity index (χ4n) is 4.68. The average molecular weight is 491 g/mol. The molecule has 4 atom stereocenters. The topological polar surface area (TPSA) is 133 Å². The summed E-state index contributed by atoms with van der Waals surface area (Å²) in [6.07, 6.45) is 2.07. The van der Waals surface area contributed by atoms with Gasteiger partial charge in [0.15, 0.2) is 6.10 Å². The van der Waals surface area contributed by atoms with E-state index in [2.05, 4.69) is 24.2 Å². The highest BCUT2D eigenvalue weighted by Gasteiger charge is 2.34. The number of hydrogen-bond donors (Lipinski definition) is 3. The van der Waals surface area contributed by atoms with Gasteiger partial charge in [-0.3, -0.25) is 4.79 Å². The van der Waals surface area contributed by atoms with Gasteiger partial charge in [0.05, 0.1) is 5.92 Å². The first kappa shape index (κ1) is 28.5. The molecule has 0 saturated carbocycles. The van der Waals surface area contributed by atoms with E-state index >= 15 is 0 Å². The van der Waals surface area contributed by atoms with Crippen LogP contribution in [-0.2, 0) is 24.6 Å². The number of nitrogens with one attached hydrogen (secondary N) is 1. The summed E-state index contributed by atoms with van der Waals surface area (Å²) in [5.74, 6) is -4.50. The van der Waals surface area contributed by atoms with Crippen molar-refractivity contribution >= 4 is 24.1 Å². The van der Waals surface area contributed by atoms with Crippen molar-refractivity contribution in [3.8, 4) is 5.75 Å². The zero-order valence-electron chi connectivity index (χ0n) is 21.0. The number of benzene rings is 1. The lowest BCUT2D eigenvalue weighted by atomic mass is 9.74. The van der Waals surface area contributed by atoms with Gasteiger partial charge < -0.3 is 30.0 Å². The second kappa shape index (κ2) is 12.8. The molecule has 1 aliphatic rings. The van der Waals surface area contributed by atoms with E-state index in [-0.39, 0.29) is 17.1 Å². The van der Waals surface area contributed by atoms with Crippen molar-refractivity contribution in [1.29, 1.82) is 0 Å². The monoisotopic (exact) mass is 490 g/mol. The number of nitrogens with zero attached hydrogens (tertiary/aromatic N) is 1. The predicted molar refractivity (Wildman–Crippen MR) is 130 cm³/mol. The second-order valence-corrected chi connectivity index (χ2v) is 9.85. The fraction of sp³-hybridized carbons (Fsp3) is 0.615. The maximum Gasteiger partial charge on any atom is 0.341 e. The SMILES string of the molecule is CCC1(c2cccc(OC(=O)C(O)C(C=O)CC(=O)N[C@H](C(=O)O)C(C)C)c2)CCCCN(C)C1. The Hall–Kier alpha value is -2.78. The Kier molecular flexibility index (Phi) is 10.4. The van der Waals surface area contributed by atoms with Crippen molar-refractivity contribution in [1.82, 2.24) is 10.2 Å². The first-order chi connectivity index (χ1) is 16.5. The van der Waals surface area contributed by atoms with Crippen LogP contribution in [0.2, 0.25) is 0 Å². The zero-order valence-corrected chi connectivity index (χ0v) is 21.0. The molecule has 1 aliphatic heterocycles. The molecule has 3 unspecified atom stereocenters. The molecule has 1 amide bonds. The zero-order chi connectivity index (χ0) is 26.2. The van der Waals surface area contributed by atoms with Crippen molar-refractivity contribution in [2.24, 2.45) is 11.8 Å².